The van der Waals surface area contributed by atoms with Gasteiger partial charge in [-0.1, -0.05) is 43.7 Å². The van der Waals surface area contributed by atoms with Crippen molar-refractivity contribution >= 4 is 5.91 Å². The van der Waals surface area contributed by atoms with Crippen molar-refractivity contribution < 1.29 is 4.79 Å². The molecule has 2 rings (SSSR count). The first-order valence-electron chi connectivity index (χ1n) is 8.03. The van der Waals surface area contributed by atoms with E-state index in [9.17, 15) is 4.79 Å². The van der Waals surface area contributed by atoms with Gasteiger partial charge in [-0.25, -0.2) is 0 Å². The molecule has 1 aliphatic carbocycles. The highest BCUT2D eigenvalue weighted by molar-refractivity contribution is 5.79. The minimum atomic E-state index is 0.216. The van der Waals surface area contributed by atoms with Crippen molar-refractivity contribution in [2.75, 3.05) is 0 Å². The van der Waals surface area contributed by atoms with Crippen molar-refractivity contribution in [3.8, 4) is 0 Å². The average Bonchev–Trinajstić information content (AvgIpc) is 2.48. The molecule has 0 radical (unpaired) electrons. The van der Waals surface area contributed by atoms with E-state index in [2.05, 4.69) is 43.4 Å². The zero-order valence-corrected chi connectivity index (χ0v) is 12.8. The normalized spacial score (nSPS) is 24.1. The molecule has 20 heavy (non-hydrogen) atoms. The molecule has 0 aliphatic heterocycles. The van der Waals surface area contributed by atoms with Gasteiger partial charge in [0, 0.05) is 12.0 Å². The smallest absolute Gasteiger partial charge is 0.223 e. The first-order chi connectivity index (χ1) is 9.69. The van der Waals surface area contributed by atoms with Gasteiger partial charge in [0.15, 0.2) is 0 Å². The molecule has 110 valence electrons. The Kier molecular flexibility index (Phi) is 5.63. The molecule has 1 N–H and O–H groups in total. The molecule has 1 aliphatic rings. The first-order valence-corrected chi connectivity index (χ1v) is 8.03. The largest absolute Gasteiger partial charge is 0.353 e. The number of hydrogen-bond donors (Lipinski definition) is 1. The fourth-order valence-electron chi connectivity index (χ4n) is 3.21. The lowest BCUT2D eigenvalue weighted by Crippen LogP contribution is -2.39. The Morgan fingerprint density at radius 2 is 1.85 bits per heavy atom. The van der Waals surface area contributed by atoms with Crippen LogP contribution < -0.4 is 5.32 Å². The molecule has 1 saturated carbocycles. The molecule has 2 heteroatoms. The fraction of sp³-hybridized carbons (Fsp3) is 0.611. The summed E-state index contributed by atoms with van der Waals surface area (Å²) in [6.07, 6.45) is 6.77. The summed E-state index contributed by atoms with van der Waals surface area (Å²) >= 11 is 0. The summed E-state index contributed by atoms with van der Waals surface area (Å²) in [5.41, 5.74) is 1.29. The maximum absolute atomic E-state index is 12.3. The molecule has 0 spiro atoms. The van der Waals surface area contributed by atoms with E-state index in [1.807, 2.05) is 6.07 Å². The molecule has 0 unspecified atom stereocenters. The van der Waals surface area contributed by atoms with Crippen LogP contribution in [0.25, 0.3) is 0 Å². The maximum atomic E-state index is 12.3. The molecule has 0 heterocycles. The van der Waals surface area contributed by atoms with Crippen LogP contribution >= 0.6 is 0 Å². The summed E-state index contributed by atoms with van der Waals surface area (Å²) in [5.74, 6) is 1.36. The predicted octanol–water partition coefficient (Wildman–Crippen LogP) is 3.95. The van der Waals surface area contributed by atoms with E-state index in [1.165, 1.54) is 24.8 Å². The number of hydrogen-bond acceptors (Lipinski definition) is 1. The highest BCUT2D eigenvalue weighted by Gasteiger charge is 2.26. The van der Waals surface area contributed by atoms with Gasteiger partial charge in [0.2, 0.25) is 5.91 Å². The fourth-order valence-corrected chi connectivity index (χ4v) is 3.21. The van der Waals surface area contributed by atoms with Gasteiger partial charge in [0.05, 0.1) is 0 Å². The molecule has 1 aromatic rings. The Hall–Kier alpha value is -1.31. The van der Waals surface area contributed by atoms with E-state index in [-0.39, 0.29) is 17.9 Å². The van der Waals surface area contributed by atoms with Gasteiger partial charge < -0.3 is 5.32 Å². The Balaban J connectivity index is 1.77. The molecular weight excluding hydrogens is 246 g/mol. The minimum Gasteiger partial charge on any atom is -0.353 e. The van der Waals surface area contributed by atoms with E-state index in [1.54, 1.807) is 0 Å². The van der Waals surface area contributed by atoms with Crippen molar-refractivity contribution in [3.05, 3.63) is 35.9 Å². The number of rotatable bonds is 5. The van der Waals surface area contributed by atoms with Crippen LogP contribution in [0.4, 0.5) is 0 Å². The van der Waals surface area contributed by atoms with E-state index >= 15 is 0 Å². The van der Waals surface area contributed by atoms with Crippen LogP contribution in [0, 0.1) is 11.8 Å². The Bertz CT molecular complexity index is 407. The lowest BCUT2D eigenvalue weighted by molar-refractivity contribution is -0.126. The molecule has 1 fully saturated rings. The van der Waals surface area contributed by atoms with Gasteiger partial charge in [-0.05, 0) is 50.5 Å². The lowest BCUT2D eigenvalue weighted by atomic mass is 9.80. The third kappa shape index (κ3) is 4.36. The van der Waals surface area contributed by atoms with Gasteiger partial charge in [-0.3, -0.25) is 4.79 Å². The van der Waals surface area contributed by atoms with Crippen molar-refractivity contribution in [2.45, 2.75) is 58.4 Å². The molecular formula is C18H27NO. The highest BCUT2D eigenvalue weighted by Crippen LogP contribution is 2.30. The SMILES string of the molecule is CCC1CCC(C(=O)N[C@@H](C)Cc2ccccc2)CC1. The summed E-state index contributed by atoms with van der Waals surface area (Å²) in [6, 6.07) is 10.6. The van der Waals surface area contributed by atoms with Crippen LogP contribution in [0.3, 0.4) is 0 Å². The average molecular weight is 273 g/mol. The molecule has 0 saturated heterocycles. The number of nitrogens with one attached hydrogen (secondary N) is 1. The van der Waals surface area contributed by atoms with Crippen molar-refractivity contribution in [3.63, 3.8) is 0 Å². The van der Waals surface area contributed by atoms with Gasteiger partial charge in [0.25, 0.3) is 0 Å². The van der Waals surface area contributed by atoms with E-state index < -0.39 is 0 Å². The third-order valence-electron chi connectivity index (χ3n) is 4.57. The summed E-state index contributed by atoms with van der Waals surface area (Å²) in [7, 11) is 0. The molecule has 1 amide bonds. The van der Waals surface area contributed by atoms with Crippen molar-refractivity contribution in [1.82, 2.24) is 5.32 Å². The van der Waals surface area contributed by atoms with Crippen LogP contribution in [0.5, 0.6) is 0 Å². The molecule has 1 atom stereocenters. The summed E-state index contributed by atoms with van der Waals surface area (Å²) < 4.78 is 0. The van der Waals surface area contributed by atoms with Gasteiger partial charge in [-0.2, -0.15) is 0 Å². The predicted molar refractivity (Wildman–Crippen MR) is 83.5 cm³/mol. The van der Waals surface area contributed by atoms with Gasteiger partial charge in [0.1, 0.15) is 0 Å². The Labute approximate surface area is 123 Å². The van der Waals surface area contributed by atoms with Crippen LogP contribution in [0.2, 0.25) is 0 Å². The standard InChI is InChI=1S/C18H27NO/c1-3-15-9-11-17(12-10-15)18(20)19-14(2)13-16-7-5-4-6-8-16/h4-8,14-15,17H,3,9-13H2,1-2H3,(H,19,20)/t14-,15?,17?/m0/s1. The monoisotopic (exact) mass is 273 g/mol. The van der Waals surface area contributed by atoms with Crippen molar-refractivity contribution in [1.29, 1.82) is 0 Å². The maximum Gasteiger partial charge on any atom is 0.223 e. The van der Waals surface area contributed by atoms with E-state index in [0.29, 0.717) is 0 Å². The van der Waals surface area contributed by atoms with Gasteiger partial charge in [-0.15, -0.1) is 0 Å². The zero-order chi connectivity index (χ0) is 14.4. The number of benzene rings is 1. The Morgan fingerprint density at radius 1 is 1.20 bits per heavy atom. The number of carbonyl (C=O) groups excluding carboxylic acids is 1. The van der Waals surface area contributed by atoms with Crippen LogP contribution in [0.1, 0.15) is 51.5 Å². The summed E-state index contributed by atoms with van der Waals surface area (Å²) in [4.78, 5) is 12.3. The third-order valence-corrected chi connectivity index (χ3v) is 4.57. The zero-order valence-electron chi connectivity index (χ0n) is 12.8. The number of carbonyl (C=O) groups is 1. The minimum absolute atomic E-state index is 0.216. The molecule has 2 nitrogen and oxygen atoms in total. The Morgan fingerprint density at radius 3 is 2.45 bits per heavy atom. The first kappa shape index (κ1) is 15.1. The second-order valence-corrected chi connectivity index (χ2v) is 6.23. The van der Waals surface area contributed by atoms with Crippen molar-refractivity contribution in [2.24, 2.45) is 11.8 Å². The second-order valence-electron chi connectivity index (χ2n) is 6.23. The summed E-state index contributed by atoms with van der Waals surface area (Å²) in [5, 5.41) is 3.19. The quantitative estimate of drug-likeness (QED) is 0.864. The number of amides is 1. The van der Waals surface area contributed by atoms with Gasteiger partial charge >= 0.3 is 0 Å². The molecule has 1 aromatic carbocycles. The molecule has 0 bridgehead atoms. The van der Waals surface area contributed by atoms with Crippen LogP contribution in [-0.2, 0) is 11.2 Å². The topological polar surface area (TPSA) is 29.1 Å². The highest BCUT2D eigenvalue weighted by atomic mass is 16.1. The second kappa shape index (κ2) is 7.47. The molecule has 0 aromatic heterocycles. The van der Waals surface area contributed by atoms with E-state index in [0.717, 1.165) is 25.2 Å². The van der Waals surface area contributed by atoms with E-state index in [4.69, 9.17) is 0 Å². The lowest BCUT2D eigenvalue weighted by Gasteiger charge is -2.28. The van der Waals surface area contributed by atoms with Crippen LogP contribution in [0.15, 0.2) is 30.3 Å². The summed E-state index contributed by atoms with van der Waals surface area (Å²) in [6.45, 7) is 4.36. The van der Waals surface area contributed by atoms with Crippen LogP contribution in [-0.4, -0.2) is 11.9 Å².